The number of halogens is 1. The summed E-state index contributed by atoms with van der Waals surface area (Å²) in [5.41, 5.74) is 1.77. The lowest BCUT2D eigenvalue weighted by Crippen LogP contribution is -2.26. The molecule has 1 atom stereocenters. The van der Waals surface area contributed by atoms with Gasteiger partial charge in [0.25, 0.3) is 0 Å². The minimum absolute atomic E-state index is 0.0455. The van der Waals surface area contributed by atoms with Gasteiger partial charge < -0.3 is 10.1 Å². The van der Waals surface area contributed by atoms with Crippen molar-refractivity contribution in [2.24, 2.45) is 0 Å². The van der Waals surface area contributed by atoms with Crippen molar-refractivity contribution < 1.29 is 9.53 Å². The molecule has 4 nitrogen and oxygen atoms in total. The van der Waals surface area contributed by atoms with Crippen molar-refractivity contribution in [2.45, 2.75) is 12.3 Å². The number of ether oxygens (including phenoxy) is 1. The second-order valence-electron chi connectivity index (χ2n) is 5.36. The van der Waals surface area contributed by atoms with Crippen LogP contribution >= 0.6 is 34.3 Å². The van der Waals surface area contributed by atoms with Gasteiger partial charge in [-0.2, -0.15) is 0 Å². The van der Waals surface area contributed by atoms with Crippen LogP contribution < -0.4 is 10.1 Å². The molecule has 0 saturated carbocycles. The van der Waals surface area contributed by atoms with Crippen LogP contribution in [0.3, 0.4) is 0 Å². The number of hydrogen-bond donors (Lipinski definition) is 1. The largest absolute Gasteiger partial charge is 0.493 e. The predicted octanol–water partition coefficient (Wildman–Crippen LogP) is 5.03. The minimum Gasteiger partial charge on any atom is -0.493 e. The molecule has 0 bridgehead atoms. The van der Waals surface area contributed by atoms with E-state index in [1.165, 1.54) is 22.7 Å². The molecule has 1 amide bonds. The number of thiophene rings is 1. The molecule has 0 fully saturated rings. The molecular weight excluding hydrogens is 364 g/mol. The van der Waals surface area contributed by atoms with Crippen molar-refractivity contribution in [1.82, 2.24) is 4.98 Å². The topological polar surface area (TPSA) is 51.2 Å². The van der Waals surface area contributed by atoms with Crippen LogP contribution in [0.5, 0.6) is 5.75 Å². The van der Waals surface area contributed by atoms with Crippen molar-refractivity contribution in [2.75, 3.05) is 11.9 Å². The number of carbonyl (C=O) groups excluding carboxylic acids is 1. The highest BCUT2D eigenvalue weighted by atomic mass is 35.5. The minimum atomic E-state index is -0.210. The maximum Gasteiger partial charge on any atom is 0.233 e. The zero-order chi connectivity index (χ0) is 16.5. The fourth-order valence-corrected chi connectivity index (χ4v) is 4.50. The van der Waals surface area contributed by atoms with E-state index in [0.29, 0.717) is 18.2 Å². The lowest BCUT2D eigenvalue weighted by Gasteiger charge is -2.24. The smallest absolute Gasteiger partial charge is 0.233 e. The molecule has 1 aliphatic heterocycles. The van der Waals surface area contributed by atoms with Crippen LogP contribution in [0.15, 0.2) is 41.8 Å². The first-order valence-corrected chi connectivity index (χ1v) is 9.52. The monoisotopic (exact) mass is 376 g/mol. The highest BCUT2D eigenvalue weighted by Crippen LogP contribution is 2.36. The number of hydrogen-bond acceptors (Lipinski definition) is 5. The number of amides is 1. The quantitative estimate of drug-likeness (QED) is 0.697. The molecule has 1 N–H and O–H groups in total. The number of nitrogens with zero attached hydrogens (tertiary/aromatic N) is 1. The molecule has 24 heavy (non-hydrogen) atoms. The van der Waals surface area contributed by atoms with E-state index in [1.807, 2.05) is 41.8 Å². The maximum absolute atomic E-state index is 12.7. The number of carbonyl (C=O) groups is 1. The number of thiazole rings is 1. The van der Waals surface area contributed by atoms with Crippen LogP contribution in [0.4, 0.5) is 5.13 Å². The molecule has 3 heterocycles. The number of para-hydroxylation sites is 1. The van der Waals surface area contributed by atoms with E-state index >= 15 is 0 Å². The van der Waals surface area contributed by atoms with Gasteiger partial charge in [-0.3, -0.25) is 4.79 Å². The Kier molecular flexibility index (Phi) is 4.26. The van der Waals surface area contributed by atoms with E-state index in [2.05, 4.69) is 10.3 Å². The Morgan fingerprint density at radius 1 is 1.29 bits per heavy atom. The molecule has 2 aromatic heterocycles. The first-order valence-electron chi connectivity index (χ1n) is 7.44. The van der Waals surface area contributed by atoms with Crippen molar-refractivity contribution in [3.63, 3.8) is 0 Å². The average molecular weight is 377 g/mol. The Bertz CT molecular complexity index is 890. The van der Waals surface area contributed by atoms with Crippen LogP contribution in [-0.4, -0.2) is 17.5 Å². The molecule has 0 spiro atoms. The van der Waals surface area contributed by atoms with Gasteiger partial charge in [0.2, 0.25) is 5.91 Å². The van der Waals surface area contributed by atoms with Crippen LogP contribution in [0, 0.1) is 0 Å². The summed E-state index contributed by atoms with van der Waals surface area (Å²) in [4.78, 5) is 18.1. The first-order chi connectivity index (χ1) is 11.7. The van der Waals surface area contributed by atoms with Crippen molar-refractivity contribution in [3.8, 4) is 16.3 Å². The van der Waals surface area contributed by atoms with Gasteiger partial charge in [0, 0.05) is 10.9 Å². The van der Waals surface area contributed by atoms with Gasteiger partial charge in [0.15, 0.2) is 5.13 Å². The van der Waals surface area contributed by atoms with Crippen LogP contribution in [0.1, 0.15) is 17.9 Å². The molecule has 1 unspecified atom stereocenters. The lowest BCUT2D eigenvalue weighted by molar-refractivity contribution is -0.118. The van der Waals surface area contributed by atoms with Gasteiger partial charge in [0.1, 0.15) is 5.75 Å². The summed E-state index contributed by atoms with van der Waals surface area (Å²) >= 11 is 8.85. The second kappa shape index (κ2) is 6.55. The average Bonchev–Trinajstić information content (AvgIpc) is 3.23. The van der Waals surface area contributed by atoms with Gasteiger partial charge in [-0.25, -0.2) is 4.98 Å². The highest BCUT2D eigenvalue weighted by molar-refractivity contribution is 7.20. The van der Waals surface area contributed by atoms with Crippen molar-refractivity contribution in [3.05, 3.63) is 51.7 Å². The fraction of sp³-hybridized carbons (Fsp3) is 0.176. The summed E-state index contributed by atoms with van der Waals surface area (Å²) in [6.45, 7) is 0.548. The number of fused-ring (bicyclic) bond motifs is 1. The summed E-state index contributed by atoms with van der Waals surface area (Å²) in [5, 5.41) is 5.46. The normalized spacial score (nSPS) is 16.3. The molecular formula is C17H13ClN2O2S2. The number of anilines is 1. The molecule has 4 rings (SSSR count). The summed E-state index contributed by atoms with van der Waals surface area (Å²) in [6, 6.07) is 11.5. The summed E-state index contributed by atoms with van der Waals surface area (Å²) < 4.78 is 6.34. The number of nitrogens with one attached hydrogen (secondary N) is 1. The van der Waals surface area contributed by atoms with Gasteiger partial charge in [-0.05, 0) is 24.6 Å². The summed E-state index contributed by atoms with van der Waals surface area (Å²) in [6.07, 6.45) is 0.668. The molecule has 7 heteroatoms. The number of aromatic nitrogens is 1. The zero-order valence-corrected chi connectivity index (χ0v) is 14.9. The molecule has 0 radical (unpaired) electrons. The van der Waals surface area contributed by atoms with E-state index in [0.717, 1.165) is 26.2 Å². The summed E-state index contributed by atoms with van der Waals surface area (Å²) in [7, 11) is 0. The molecule has 0 aliphatic carbocycles. The zero-order valence-electron chi connectivity index (χ0n) is 12.5. The van der Waals surface area contributed by atoms with Crippen molar-refractivity contribution >= 4 is 45.3 Å². The van der Waals surface area contributed by atoms with Crippen LogP contribution in [0.2, 0.25) is 4.34 Å². The van der Waals surface area contributed by atoms with E-state index < -0.39 is 0 Å². The summed E-state index contributed by atoms with van der Waals surface area (Å²) in [5.74, 6) is 0.534. The third-order valence-electron chi connectivity index (χ3n) is 3.83. The Labute approximate surface area is 152 Å². The Balaban J connectivity index is 1.52. The third kappa shape index (κ3) is 3.05. The van der Waals surface area contributed by atoms with Crippen LogP contribution in [0.25, 0.3) is 10.6 Å². The standard InChI is InChI=1S/C17H13ClN2O2S2/c18-15-6-5-14(24-15)12-9-23-17(19-12)20-16(21)11-7-8-22-13-4-2-1-3-10(11)13/h1-6,9,11H,7-8H2,(H,19,20,21). The SMILES string of the molecule is O=C(Nc1nc(-c2ccc(Cl)s2)cs1)C1CCOc2ccccc21. The predicted molar refractivity (Wildman–Crippen MR) is 98.4 cm³/mol. The lowest BCUT2D eigenvalue weighted by atomic mass is 9.92. The Morgan fingerprint density at radius 3 is 3.00 bits per heavy atom. The van der Waals surface area contributed by atoms with Crippen molar-refractivity contribution in [1.29, 1.82) is 0 Å². The van der Waals surface area contributed by atoms with Gasteiger partial charge in [0.05, 0.1) is 27.4 Å². The fourth-order valence-electron chi connectivity index (χ4n) is 2.70. The van der Waals surface area contributed by atoms with Gasteiger partial charge in [-0.15, -0.1) is 22.7 Å². The number of rotatable bonds is 3. The third-order valence-corrected chi connectivity index (χ3v) is 5.85. The molecule has 122 valence electrons. The van der Waals surface area contributed by atoms with E-state index in [9.17, 15) is 4.79 Å². The van der Waals surface area contributed by atoms with Gasteiger partial charge >= 0.3 is 0 Å². The van der Waals surface area contributed by atoms with E-state index in [4.69, 9.17) is 16.3 Å². The van der Waals surface area contributed by atoms with Crippen LogP contribution in [-0.2, 0) is 4.79 Å². The first kappa shape index (κ1) is 15.6. The molecule has 1 aliphatic rings. The maximum atomic E-state index is 12.7. The molecule has 0 saturated heterocycles. The van der Waals surface area contributed by atoms with E-state index in [1.54, 1.807) is 0 Å². The number of benzene rings is 1. The Hall–Kier alpha value is -1.89. The van der Waals surface area contributed by atoms with E-state index in [-0.39, 0.29) is 11.8 Å². The highest BCUT2D eigenvalue weighted by Gasteiger charge is 2.28. The Morgan fingerprint density at radius 2 is 2.17 bits per heavy atom. The molecule has 3 aromatic rings. The van der Waals surface area contributed by atoms with Gasteiger partial charge in [-0.1, -0.05) is 29.8 Å². The second-order valence-corrected chi connectivity index (χ2v) is 7.93. The molecule has 1 aromatic carbocycles.